The van der Waals surface area contributed by atoms with Gasteiger partial charge in [0.05, 0.1) is 22.2 Å². The Labute approximate surface area is 219 Å². The zero-order valence-electron chi connectivity index (χ0n) is 20.0. The molecule has 0 aliphatic carbocycles. The highest BCUT2D eigenvalue weighted by atomic mass is 35.5. The molecule has 2 aromatic heterocycles. The number of imide groups is 1. The lowest BCUT2D eigenvalue weighted by atomic mass is 9.97. The fourth-order valence-corrected chi connectivity index (χ4v) is 5.89. The number of nitrogens with zero attached hydrogens (tertiary/aromatic N) is 2. The number of nitrogens with two attached hydrogens (primary N) is 1. The van der Waals surface area contributed by atoms with E-state index in [2.05, 4.69) is 45.9 Å². The van der Waals surface area contributed by atoms with Gasteiger partial charge in [0.2, 0.25) is 0 Å². The Morgan fingerprint density at radius 2 is 1.38 bits per heavy atom. The van der Waals surface area contributed by atoms with Crippen molar-refractivity contribution in [3.8, 4) is 0 Å². The maximum absolute atomic E-state index is 13.8. The van der Waals surface area contributed by atoms with Crippen LogP contribution in [0.2, 0.25) is 0 Å². The molecule has 0 bridgehead atoms. The lowest BCUT2D eigenvalue weighted by molar-refractivity contribution is 0.0660. The van der Waals surface area contributed by atoms with Gasteiger partial charge < -0.3 is 15.3 Å². The van der Waals surface area contributed by atoms with Crippen LogP contribution in [0.5, 0.6) is 0 Å². The molecule has 0 unspecified atom stereocenters. The van der Waals surface area contributed by atoms with Crippen LogP contribution in [-0.2, 0) is 13.0 Å². The number of nitrogens with one attached hydrogen (secondary N) is 1. The Hall–Kier alpha value is -4.13. The average molecular weight is 509 g/mol. The van der Waals surface area contributed by atoms with Gasteiger partial charge in [-0.15, -0.1) is 12.4 Å². The molecule has 0 fully saturated rings. The number of para-hydroxylation sites is 2. The molecule has 1 aliphatic rings. The standard InChI is InChI=1S/C30H24N4O2.ClH/c31-15-17-34-29(35)25-23-19-10-4-6-12-21(19)32-27(23)28-24(26(25)30(34)36)20-11-5-7-13-22(20)33(28)16-14-18-8-2-1-3-9-18;/h1-13,32H,14-17,31H2;1H. The Bertz CT molecular complexity index is 1850. The number of carbonyl (C=O) groups is 2. The third-order valence-electron chi connectivity index (χ3n) is 7.40. The molecular formula is C30H25ClN4O2. The molecule has 3 N–H and O–H groups in total. The fourth-order valence-electron chi connectivity index (χ4n) is 5.89. The van der Waals surface area contributed by atoms with Crippen molar-refractivity contribution in [3.05, 3.63) is 95.6 Å². The summed E-state index contributed by atoms with van der Waals surface area (Å²) >= 11 is 0. The lowest BCUT2D eigenvalue weighted by Gasteiger charge is -2.11. The van der Waals surface area contributed by atoms with E-state index in [1.807, 2.05) is 42.5 Å². The number of aromatic amines is 1. The van der Waals surface area contributed by atoms with Crippen LogP contribution >= 0.6 is 12.4 Å². The number of aryl methyl sites for hydroxylation is 2. The average Bonchev–Trinajstić information content (AvgIpc) is 3.53. The van der Waals surface area contributed by atoms with Crippen molar-refractivity contribution < 1.29 is 9.59 Å². The minimum Gasteiger partial charge on any atom is -0.353 e. The van der Waals surface area contributed by atoms with Gasteiger partial charge in [0, 0.05) is 52.2 Å². The Morgan fingerprint density at radius 1 is 0.730 bits per heavy atom. The van der Waals surface area contributed by atoms with Gasteiger partial charge in [-0.2, -0.15) is 0 Å². The van der Waals surface area contributed by atoms with Crippen LogP contribution in [0.4, 0.5) is 0 Å². The summed E-state index contributed by atoms with van der Waals surface area (Å²) in [5.41, 5.74) is 11.9. The highest BCUT2D eigenvalue weighted by molar-refractivity contribution is 6.39. The van der Waals surface area contributed by atoms with E-state index in [-0.39, 0.29) is 37.3 Å². The van der Waals surface area contributed by atoms with Crippen molar-refractivity contribution in [2.24, 2.45) is 5.73 Å². The first-order valence-corrected chi connectivity index (χ1v) is 12.3. The van der Waals surface area contributed by atoms with Crippen LogP contribution in [-0.4, -0.2) is 39.4 Å². The quantitative estimate of drug-likeness (QED) is 0.295. The van der Waals surface area contributed by atoms with Gasteiger partial charge >= 0.3 is 0 Å². The summed E-state index contributed by atoms with van der Waals surface area (Å²) in [6.45, 7) is 1.17. The SMILES string of the molecule is Cl.NCCN1C(=O)c2c(c3c4ccccc4n(CCc4ccccc4)c3c3[nH]c4ccccc4c23)C1=O. The van der Waals surface area contributed by atoms with Crippen LogP contribution < -0.4 is 5.73 Å². The number of halogens is 1. The number of aromatic nitrogens is 2. The van der Waals surface area contributed by atoms with Crippen LogP contribution in [0.25, 0.3) is 43.6 Å². The summed E-state index contributed by atoms with van der Waals surface area (Å²) < 4.78 is 2.30. The number of carbonyl (C=O) groups excluding carboxylic acids is 2. The second-order valence-corrected chi connectivity index (χ2v) is 9.35. The van der Waals surface area contributed by atoms with Crippen molar-refractivity contribution >= 4 is 67.8 Å². The van der Waals surface area contributed by atoms with E-state index in [1.54, 1.807) is 0 Å². The Kier molecular flexibility index (Phi) is 5.51. The second kappa shape index (κ2) is 8.76. The number of hydrogen-bond acceptors (Lipinski definition) is 3. The van der Waals surface area contributed by atoms with Gasteiger partial charge in [0.15, 0.2) is 0 Å². The number of hydrogen-bond donors (Lipinski definition) is 2. The van der Waals surface area contributed by atoms with Gasteiger partial charge in [-0.25, -0.2) is 0 Å². The normalized spacial score (nSPS) is 13.3. The monoisotopic (exact) mass is 508 g/mol. The van der Waals surface area contributed by atoms with Crippen molar-refractivity contribution in [3.63, 3.8) is 0 Å². The highest BCUT2D eigenvalue weighted by Crippen LogP contribution is 2.45. The molecule has 0 saturated heterocycles. The van der Waals surface area contributed by atoms with Crippen molar-refractivity contribution in [1.29, 1.82) is 0 Å². The molecule has 7 heteroatoms. The number of amides is 2. The first-order chi connectivity index (χ1) is 17.7. The lowest BCUT2D eigenvalue weighted by Crippen LogP contribution is -2.34. The van der Waals surface area contributed by atoms with Crippen LogP contribution in [0, 0.1) is 0 Å². The number of H-pyrrole nitrogens is 1. The topological polar surface area (TPSA) is 84.1 Å². The summed E-state index contributed by atoms with van der Waals surface area (Å²) in [5.74, 6) is -0.526. The van der Waals surface area contributed by atoms with E-state index in [4.69, 9.17) is 5.73 Å². The van der Waals surface area contributed by atoms with E-state index in [1.165, 1.54) is 10.5 Å². The number of fused-ring (bicyclic) bond motifs is 10. The van der Waals surface area contributed by atoms with E-state index in [0.717, 1.165) is 56.6 Å². The molecular weight excluding hydrogens is 484 g/mol. The predicted molar refractivity (Wildman–Crippen MR) is 151 cm³/mol. The van der Waals surface area contributed by atoms with E-state index < -0.39 is 0 Å². The van der Waals surface area contributed by atoms with Gasteiger partial charge in [0.25, 0.3) is 11.8 Å². The maximum Gasteiger partial charge on any atom is 0.262 e. The second-order valence-electron chi connectivity index (χ2n) is 9.35. The van der Waals surface area contributed by atoms with Gasteiger partial charge in [-0.05, 0) is 24.1 Å². The minimum absolute atomic E-state index is 0. The van der Waals surface area contributed by atoms with Crippen molar-refractivity contribution in [2.45, 2.75) is 13.0 Å². The largest absolute Gasteiger partial charge is 0.353 e. The molecule has 3 heterocycles. The molecule has 0 radical (unpaired) electrons. The molecule has 6 aromatic rings. The molecule has 2 amide bonds. The molecule has 6 nitrogen and oxygen atoms in total. The molecule has 0 saturated carbocycles. The summed E-state index contributed by atoms with van der Waals surface area (Å²) in [7, 11) is 0. The summed E-state index contributed by atoms with van der Waals surface area (Å²) in [6.07, 6.45) is 0.847. The third kappa shape index (κ3) is 3.23. The zero-order chi connectivity index (χ0) is 24.4. The van der Waals surface area contributed by atoms with Crippen molar-refractivity contribution in [2.75, 3.05) is 13.1 Å². The number of rotatable bonds is 5. The first-order valence-electron chi connectivity index (χ1n) is 12.3. The third-order valence-corrected chi connectivity index (χ3v) is 7.40. The van der Waals surface area contributed by atoms with E-state index >= 15 is 0 Å². The minimum atomic E-state index is -0.266. The molecule has 184 valence electrons. The summed E-state index contributed by atoms with van der Waals surface area (Å²) in [4.78, 5) is 32.4. The van der Waals surface area contributed by atoms with E-state index in [0.29, 0.717) is 11.1 Å². The van der Waals surface area contributed by atoms with Crippen molar-refractivity contribution in [1.82, 2.24) is 14.5 Å². The van der Waals surface area contributed by atoms with Gasteiger partial charge in [0.1, 0.15) is 0 Å². The maximum atomic E-state index is 13.8. The van der Waals surface area contributed by atoms with Gasteiger partial charge in [-0.3, -0.25) is 14.5 Å². The summed E-state index contributed by atoms with van der Waals surface area (Å²) in [5, 5.41) is 3.58. The number of benzene rings is 4. The molecule has 0 spiro atoms. The zero-order valence-corrected chi connectivity index (χ0v) is 20.8. The molecule has 1 aliphatic heterocycles. The van der Waals surface area contributed by atoms with Crippen LogP contribution in [0.1, 0.15) is 26.3 Å². The highest BCUT2D eigenvalue weighted by Gasteiger charge is 2.41. The Morgan fingerprint density at radius 3 is 2.14 bits per heavy atom. The smallest absolute Gasteiger partial charge is 0.262 e. The predicted octanol–water partition coefficient (Wildman–Crippen LogP) is 5.65. The first kappa shape index (κ1) is 23.3. The van der Waals surface area contributed by atoms with Crippen LogP contribution in [0.15, 0.2) is 78.9 Å². The fraction of sp³-hybridized carbons (Fsp3) is 0.133. The molecule has 4 aromatic carbocycles. The Balaban J connectivity index is 0.00000252. The van der Waals surface area contributed by atoms with Gasteiger partial charge in [-0.1, -0.05) is 66.7 Å². The van der Waals surface area contributed by atoms with Crippen LogP contribution in [0.3, 0.4) is 0 Å². The molecule has 0 atom stereocenters. The summed E-state index contributed by atoms with van der Waals surface area (Å²) in [6, 6.07) is 26.6. The molecule has 7 rings (SSSR count). The van der Waals surface area contributed by atoms with E-state index in [9.17, 15) is 9.59 Å². The molecule has 37 heavy (non-hydrogen) atoms.